The SMILES string of the molecule is CC(C)NCCCc1nnc(C2(C)CCCS2)s1. The Balaban J connectivity index is 1.83. The molecule has 0 radical (unpaired) electrons. The Hall–Kier alpha value is -0.130. The Bertz CT molecular complexity index is 370. The van der Waals surface area contributed by atoms with Crippen LogP contribution in [0.4, 0.5) is 0 Å². The van der Waals surface area contributed by atoms with E-state index in [-0.39, 0.29) is 4.75 Å². The van der Waals surface area contributed by atoms with Crippen molar-refractivity contribution >= 4 is 23.1 Å². The number of rotatable bonds is 6. The van der Waals surface area contributed by atoms with E-state index in [1.54, 1.807) is 0 Å². The molecule has 1 aromatic heterocycles. The van der Waals surface area contributed by atoms with Crippen molar-refractivity contribution < 1.29 is 0 Å². The molecule has 18 heavy (non-hydrogen) atoms. The van der Waals surface area contributed by atoms with Gasteiger partial charge in [0.05, 0.1) is 4.75 Å². The van der Waals surface area contributed by atoms with E-state index in [9.17, 15) is 0 Å². The molecule has 0 saturated carbocycles. The van der Waals surface area contributed by atoms with E-state index in [1.165, 1.54) is 28.6 Å². The molecular weight excluding hydrogens is 262 g/mol. The highest BCUT2D eigenvalue weighted by atomic mass is 32.2. The zero-order chi connectivity index (χ0) is 13.0. The van der Waals surface area contributed by atoms with Gasteiger partial charge >= 0.3 is 0 Å². The van der Waals surface area contributed by atoms with Crippen molar-refractivity contribution in [3.63, 3.8) is 0 Å². The molecule has 0 aliphatic carbocycles. The molecule has 1 fully saturated rings. The monoisotopic (exact) mass is 285 g/mol. The lowest BCUT2D eigenvalue weighted by Crippen LogP contribution is -2.23. The molecular formula is C13H23N3S2. The lowest BCUT2D eigenvalue weighted by atomic mass is 10.1. The number of hydrogen-bond donors (Lipinski definition) is 1. The minimum Gasteiger partial charge on any atom is -0.315 e. The van der Waals surface area contributed by atoms with Crippen LogP contribution in [0.3, 0.4) is 0 Å². The molecule has 1 N–H and O–H groups in total. The summed E-state index contributed by atoms with van der Waals surface area (Å²) in [5.41, 5.74) is 0. The van der Waals surface area contributed by atoms with Gasteiger partial charge in [0.25, 0.3) is 0 Å². The van der Waals surface area contributed by atoms with Crippen LogP contribution in [0, 0.1) is 0 Å². The van der Waals surface area contributed by atoms with E-state index in [0.717, 1.165) is 19.4 Å². The van der Waals surface area contributed by atoms with Crippen LogP contribution >= 0.6 is 23.1 Å². The lowest BCUT2D eigenvalue weighted by molar-refractivity contribution is 0.569. The molecule has 1 unspecified atom stereocenters. The minimum absolute atomic E-state index is 0.242. The third-order valence-corrected chi connectivity index (χ3v) is 6.16. The molecule has 1 atom stereocenters. The van der Waals surface area contributed by atoms with E-state index in [4.69, 9.17) is 0 Å². The zero-order valence-electron chi connectivity index (χ0n) is 11.5. The first-order chi connectivity index (χ1) is 8.60. The molecule has 1 saturated heterocycles. The Labute approximate surface area is 118 Å². The number of aromatic nitrogens is 2. The number of nitrogens with zero attached hydrogens (tertiary/aromatic N) is 2. The first-order valence-electron chi connectivity index (χ1n) is 6.80. The third-order valence-electron chi connectivity index (χ3n) is 3.26. The van der Waals surface area contributed by atoms with E-state index in [1.807, 2.05) is 23.1 Å². The zero-order valence-corrected chi connectivity index (χ0v) is 13.2. The van der Waals surface area contributed by atoms with Gasteiger partial charge in [0.1, 0.15) is 10.0 Å². The normalized spacial score (nSPS) is 24.0. The summed E-state index contributed by atoms with van der Waals surface area (Å²) in [7, 11) is 0. The van der Waals surface area contributed by atoms with Crippen molar-refractivity contribution in [2.24, 2.45) is 0 Å². The average Bonchev–Trinajstić information content (AvgIpc) is 2.94. The number of hydrogen-bond acceptors (Lipinski definition) is 5. The molecule has 1 aromatic rings. The van der Waals surface area contributed by atoms with Crippen LogP contribution in [0.1, 0.15) is 50.0 Å². The Kier molecular flexibility index (Phi) is 5.04. The summed E-state index contributed by atoms with van der Waals surface area (Å²) in [6.07, 6.45) is 4.77. The Morgan fingerprint density at radius 2 is 2.22 bits per heavy atom. The molecule has 0 aromatic carbocycles. The van der Waals surface area contributed by atoms with Crippen LogP contribution in [0.5, 0.6) is 0 Å². The van der Waals surface area contributed by atoms with E-state index in [0.29, 0.717) is 6.04 Å². The molecule has 1 aliphatic heterocycles. The fourth-order valence-electron chi connectivity index (χ4n) is 2.15. The van der Waals surface area contributed by atoms with Crippen molar-refractivity contribution in [2.45, 2.75) is 57.2 Å². The van der Waals surface area contributed by atoms with Gasteiger partial charge in [-0.2, -0.15) is 0 Å². The van der Waals surface area contributed by atoms with Gasteiger partial charge in [0.15, 0.2) is 0 Å². The summed E-state index contributed by atoms with van der Waals surface area (Å²) in [4.78, 5) is 0. The summed E-state index contributed by atoms with van der Waals surface area (Å²) in [6.45, 7) is 7.75. The van der Waals surface area contributed by atoms with Crippen LogP contribution in [0.2, 0.25) is 0 Å². The van der Waals surface area contributed by atoms with Crippen LogP contribution in [0.25, 0.3) is 0 Å². The van der Waals surface area contributed by atoms with Crippen molar-refractivity contribution in [2.75, 3.05) is 12.3 Å². The highest BCUT2D eigenvalue weighted by Gasteiger charge is 2.34. The van der Waals surface area contributed by atoms with Gasteiger partial charge in [0, 0.05) is 12.5 Å². The van der Waals surface area contributed by atoms with Crippen LogP contribution in [-0.2, 0) is 11.2 Å². The molecule has 102 valence electrons. The van der Waals surface area contributed by atoms with Crippen molar-refractivity contribution in [3.8, 4) is 0 Å². The van der Waals surface area contributed by atoms with Gasteiger partial charge in [-0.1, -0.05) is 13.8 Å². The molecule has 5 heteroatoms. The molecule has 3 nitrogen and oxygen atoms in total. The maximum atomic E-state index is 4.41. The highest BCUT2D eigenvalue weighted by Crippen LogP contribution is 2.46. The van der Waals surface area contributed by atoms with Gasteiger partial charge in [-0.25, -0.2) is 0 Å². The predicted molar refractivity (Wildman–Crippen MR) is 80.4 cm³/mol. The van der Waals surface area contributed by atoms with Gasteiger partial charge in [0.2, 0.25) is 0 Å². The summed E-state index contributed by atoms with van der Waals surface area (Å²) < 4.78 is 0.242. The maximum Gasteiger partial charge on any atom is 0.133 e. The molecule has 0 amide bonds. The fourth-order valence-corrected chi connectivity index (χ4v) is 4.59. The lowest BCUT2D eigenvalue weighted by Gasteiger charge is -2.17. The van der Waals surface area contributed by atoms with Gasteiger partial charge in [-0.3, -0.25) is 0 Å². The van der Waals surface area contributed by atoms with Crippen LogP contribution < -0.4 is 5.32 Å². The van der Waals surface area contributed by atoms with Crippen molar-refractivity contribution in [1.82, 2.24) is 15.5 Å². The second-order valence-electron chi connectivity index (χ2n) is 5.40. The van der Waals surface area contributed by atoms with Gasteiger partial charge in [-0.15, -0.1) is 33.3 Å². The van der Waals surface area contributed by atoms with Crippen molar-refractivity contribution in [1.29, 1.82) is 0 Å². The quantitative estimate of drug-likeness (QED) is 0.815. The van der Waals surface area contributed by atoms with E-state index < -0.39 is 0 Å². The number of thioether (sulfide) groups is 1. The molecule has 2 heterocycles. The number of nitrogens with one attached hydrogen (secondary N) is 1. The first kappa shape index (κ1) is 14.3. The third kappa shape index (κ3) is 3.68. The maximum absolute atomic E-state index is 4.41. The van der Waals surface area contributed by atoms with Gasteiger partial charge < -0.3 is 5.32 Å². The standard InChI is InChI=1S/C13H23N3S2/c1-10(2)14-8-4-6-11-15-16-12(18-11)13(3)7-5-9-17-13/h10,14H,4-9H2,1-3H3. The molecule has 1 aliphatic rings. The summed E-state index contributed by atoms with van der Waals surface area (Å²) in [5.74, 6) is 1.27. The summed E-state index contributed by atoms with van der Waals surface area (Å²) in [6, 6.07) is 0.573. The first-order valence-corrected chi connectivity index (χ1v) is 8.60. The molecule has 0 bridgehead atoms. The Morgan fingerprint density at radius 3 is 2.89 bits per heavy atom. The van der Waals surface area contributed by atoms with Gasteiger partial charge in [-0.05, 0) is 38.5 Å². The summed E-state index contributed by atoms with van der Waals surface area (Å²) >= 11 is 3.86. The predicted octanol–water partition coefficient (Wildman–Crippen LogP) is 3.21. The van der Waals surface area contributed by atoms with Crippen molar-refractivity contribution in [3.05, 3.63) is 10.0 Å². The minimum atomic E-state index is 0.242. The topological polar surface area (TPSA) is 37.8 Å². The van der Waals surface area contributed by atoms with Crippen LogP contribution in [-0.4, -0.2) is 28.5 Å². The highest BCUT2D eigenvalue weighted by molar-refractivity contribution is 8.00. The summed E-state index contributed by atoms with van der Waals surface area (Å²) in [5, 5.41) is 14.6. The van der Waals surface area contributed by atoms with E-state index in [2.05, 4.69) is 36.3 Å². The van der Waals surface area contributed by atoms with Crippen LogP contribution in [0.15, 0.2) is 0 Å². The Morgan fingerprint density at radius 1 is 1.39 bits per heavy atom. The molecule has 2 rings (SSSR count). The second kappa shape index (κ2) is 6.35. The fraction of sp³-hybridized carbons (Fsp3) is 0.846. The smallest absolute Gasteiger partial charge is 0.133 e. The second-order valence-corrected chi connectivity index (χ2v) is 8.06. The largest absolute Gasteiger partial charge is 0.315 e. The average molecular weight is 285 g/mol. The number of aryl methyl sites for hydroxylation is 1. The molecule has 0 spiro atoms. The van der Waals surface area contributed by atoms with E-state index >= 15 is 0 Å².